The Morgan fingerprint density at radius 1 is 1.22 bits per heavy atom. The number of nitrogens with zero attached hydrogens (tertiary/aromatic N) is 1. The van der Waals surface area contributed by atoms with E-state index in [9.17, 15) is 4.79 Å². The average molecular weight is 242 g/mol. The van der Waals surface area contributed by atoms with Crippen LogP contribution in [0.2, 0.25) is 0 Å². The number of carbonyl (C=O) groups excluding carboxylic acids is 1. The quantitative estimate of drug-likeness (QED) is 0.899. The van der Waals surface area contributed by atoms with Gasteiger partial charge in [-0.05, 0) is 31.5 Å². The van der Waals surface area contributed by atoms with Gasteiger partial charge in [-0.3, -0.25) is 9.78 Å². The van der Waals surface area contributed by atoms with E-state index < -0.39 is 5.91 Å². The van der Waals surface area contributed by atoms with Crippen molar-refractivity contribution in [1.29, 1.82) is 0 Å². The minimum Gasteiger partial charge on any atom is -0.457 e. The zero-order valence-corrected chi connectivity index (χ0v) is 10.3. The predicted molar refractivity (Wildman–Crippen MR) is 68.7 cm³/mol. The minimum absolute atomic E-state index is 0.192. The molecule has 0 atom stereocenters. The van der Waals surface area contributed by atoms with E-state index in [2.05, 4.69) is 4.98 Å². The number of amides is 1. The van der Waals surface area contributed by atoms with Crippen molar-refractivity contribution in [3.8, 4) is 11.5 Å². The number of nitrogens with two attached hydrogens (primary N) is 1. The van der Waals surface area contributed by atoms with E-state index in [1.54, 1.807) is 6.07 Å². The van der Waals surface area contributed by atoms with Gasteiger partial charge in [0.2, 0.25) is 0 Å². The van der Waals surface area contributed by atoms with Gasteiger partial charge in [0.15, 0.2) is 0 Å². The van der Waals surface area contributed by atoms with Crippen LogP contribution in [0.4, 0.5) is 0 Å². The molecule has 0 spiro atoms. The molecule has 1 amide bonds. The fourth-order valence-electron chi connectivity index (χ4n) is 1.65. The Morgan fingerprint density at radius 3 is 2.67 bits per heavy atom. The number of aryl methyl sites for hydroxylation is 2. The summed E-state index contributed by atoms with van der Waals surface area (Å²) in [7, 11) is 0. The van der Waals surface area contributed by atoms with Crippen molar-refractivity contribution in [3.63, 3.8) is 0 Å². The number of hydrogen-bond acceptors (Lipinski definition) is 3. The highest BCUT2D eigenvalue weighted by molar-refractivity contribution is 5.91. The number of pyridine rings is 1. The van der Waals surface area contributed by atoms with E-state index in [-0.39, 0.29) is 5.69 Å². The van der Waals surface area contributed by atoms with E-state index in [1.807, 2.05) is 32.0 Å². The number of aromatic nitrogens is 1. The summed E-state index contributed by atoms with van der Waals surface area (Å²) in [6, 6.07) is 9.12. The van der Waals surface area contributed by atoms with E-state index in [4.69, 9.17) is 10.5 Å². The molecule has 0 fully saturated rings. The van der Waals surface area contributed by atoms with Gasteiger partial charge in [0.25, 0.3) is 5.91 Å². The Labute approximate surface area is 105 Å². The third kappa shape index (κ3) is 2.66. The van der Waals surface area contributed by atoms with Crippen molar-refractivity contribution in [3.05, 3.63) is 53.3 Å². The third-order valence-electron chi connectivity index (χ3n) is 2.54. The molecule has 4 heteroatoms. The molecule has 0 aliphatic heterocycles. The summed E-state index contributed by atoms with van der Waals surface area (Å²) in [6.07, 6.45) is 1.50. The standard InChI is InChI=1S/C14H14N2O2/c1-9-3-4-13(10(2)7-9)18-11-5-6-16-12(8-11)14(15)17/h3-8H,1-2H3,(H2,15,17). The van der Waals surface area contributed by atoms with Gasteiger partial charge in [-0.2, -0.15) is 0 Å². The van der Waals surface area contributed by atoms with Crippen LogP contribution in [0.3, 0.4) is 0 Å². The van der Waals surface area contributed by atoms with Crippen LogP contribution in [0.25, 0.3) is 0 Å². The second-order valence-electron chi connectivity index (χ2n) is 4.11. The maximum atomic E-state index is 11.0. The van der Waals surface area contributed by atoms with Crippen LogP contribution in [0.15, 0.2) is 36.5 Å². The highest BCUT2D eigenvalue weighted by Crippen LogP contribution is 2.25. The van der Waals surface area contributed by atoms with Gasteiger partial charge < -0.3 is 10.5 Å². The lowest BCUT2D eigenvalue weighted by Crippen LogP contribution is -2.12. The van der Waals surface area contributed by atoms with Gasteiger partial charge in [0, 0.05) is 12.3 Å². The molecule has 0 saturated heterocycles. The van der Waals surface area contributed by atoms with E-state index in [1.165, 1.54) is 17.8 Å². The van der Waals surface area contributed by atoms with Crippen LogP contribution in [-0.2, 0) is 0 Å². The maximum absolute atomic E-state index is 11.0. The Morgan fingerprint density at radius 2 is 2.00 bits per heavy atom. The van der Waals surface area contributed by atoms with E-state index >= 15 is 0 Å². The Kier molecular flexibility index (Phi) is 3.28. The largest absolute Gasteiger partial charge is 0.457 e. The predicted octanol–water partition coefficient (Wildman–Crippen LogP) is 2.59. The molecular formula is C14H14N2O2. The molecule has 0 aliphatic rings. The SMILES string of the molecule is Cc1ccc(Oc2ccnc(C(N)=O)c2)c(C)c1. The first-order chi connectivity index (χ1) is 8.56. The number of hydrogen-bond donors (Lipinski definition) is 1. The highest BCUT2D eigenvalue weighted by atomic mass is 16.5. The summed E-state index contributed by atoms with van der Waals surface area (Å²) in [6.45, 7) is 3.99. The first kappa shape index (κ1) is 12.1. The highest BCUT2D eigenvalue weighted by Gasteiger charge is 2.06. The van der Waals surface area contributed by atoms with E-state index in [0.29, 0.717) is 5.75 Å². The van der Waals surface area contributed by atoms with Gasteiger partial charge >= 0.3 is 0 Å². The van der Waals surface area contributed by atoms with Crippen molar-refractivity contribution in [2.75, 3.05) is 0 Å². The molecular weight excluding hydrogens is 228 g/mol. The van der Waals surface area contributed by atoms with Gasteiger partial charge in [-0.1, -0.05) is 17.7 Å². The number of carbonyl (C=O) groups is 1. The fourth-order valence-corrected chi connectivity index (χ4v) is 1.65. The molecule has 0 saturated carbocycles. The van der Waals surface area contributed by atoms with Crippen molar-refractivity contribution in [2.24, 2.45) is 5.73 Å². The smallest absolute Gasteiger partial charge is 0.267 e. The van der Waals surface area contributed by atoms with Crippen LogP contribution >= 0.6 is 0 Å². The molecule has 2 N–H and O–H groups in total. The topological polar surface area (TPSA) is 65.2 Å². The zero-order chi connectivity index (χ0) is 13.1. The molecule has 1 aromatic carbocycles. The molecule has 1 aromatic heterocycles. The second-order valence-corrected chi connectivity index (χ2v) is 4.11. The summed E-state index contributed by atoms with van der Waals surface area (Å²) >= 11 is 0. The lowest BCUT2D eigenvalue weighted by molar-refractivity contribution is 0.0995. The zero-order valence-electron chi connectivity index (χ0n) is 10.3. The molecule has 1 heterocycles. The van der Waals surface area contributed by atoms with Gasteiger partial charge in [-0.15, -0.1) is 0 Å². The summed E-state index contributed by atoms with van der Waals surface area (Å²) in [5, 5.41) is 0. The molecule has 2 rings (SSSR count). The Bertz CT molecular complexity index is 594. The maximum Gasteiger partial charge on any atom is 0.267 e. The summed E-state index contributed by atoms with van der Waals surface area (Å²) < 4.78 is 5.71. The van der Waals surface area contributed by atoms with Crippen molar-refractivity contribution in [1.82, 2.24) is 4.98 Å². The van der Waals surface area contributed by atoms with Crippen molar-refractivity contribution >= 4 is 5.91 Å². The minimum atomic E-state index is -0.568. The first-order valence-corrected chi connectivity index (χ1v) is 5.57. The summed E-state index contributed by atoms with van der Waals surface area (Å²) in [4.78, 5) is 14.9. The Hall–Kier alpha value is -2.36. The van der Waals surface area contributed by atoms with Gasteiger partial charge in [0.1, 0.15) is 17.2 Å². The molecule has 92 valence electrons. The molecule has 0 radical (unpaired) electrons. The molecule has 18 heavy (non-hydrogen) atoms. The van der Waals surface area contributed by atoms with Crippen LogP contribution in [0.5, 0.6) is 11.5 Å². The monoisotopic (exact) mass is 242 g/mol. The molecule has 0 aliphatic carbocycles. The lowest BCUT2D eigenvalue weighted by atomic mass is 10.1. The number of ether oxygens (including phenoxy) is 1. The fraction of sp³-hybridized carbons (Fsp3) is 0.143. The number of primary amides is 1. The van der Waals surface area contributed by atoms with Crippen LogP contribution in [-0.4, -0.2) is 10.9 Å². The third-order valence-corrected chi connectivity index (χ3v) is 2.54. The Balaban J connectivity index is 2.28. The molecule has 0 bridgehead atoms. The van der Waals surface area contributed by atoms with Crippen LogP contribution < -0.4 is 10.5 Å². The molecule has 4 nitrogen and oxygen atoms in total. The number of benzene rings is 1. The molecule has 2 aromatic rings. The normalized spacial score (nSPS) is 10.1. The van der Waals surface area contributed by atoms with Crippen molar-refractivity contribution < 1.29 is 9.53 Å². The lowest BCUT2D eigenvalue weighted by Gasteiger charge is -2.09. The van der Waals surface area contributed by atoms with E-state index in [0.717, 1.165) is 11.3 Å². The van der Waals surface area contributed by atoms with Gasteiger partial charge in [-0.25, -0.2) is 0 Å². The number of rotatable bonds is 3. The summed E-state index contributed by atoms with van der Waals surface area (Å²) in [5.74, 6) is 0.731. The summed E-state index contributed by atoms with van der Waals surface area (Å²) in [5.41, 5.74) is 7.57. The molecule has 0 unspecified atom stereocenters. The van der Waals surface area contributed by atoms with Gasteiger partial charge in [0.05, 0.1) is 0 Å². The van der Waals surface area contributed by atoms with Crippen LogP contribution in [0, 0.1) is 13.8 Å². The van der Waals surface area contributed by atoms with Crippen molar-refractivity contribution in [2.45, 2.75) is 13.8 Å². The second kappa shape index (κ2) is 4.87. The van der Waals surface area contributed by atoms with Crippen LogP contribution in [0.1, 0.15) is 21.6 Å². The average Bonchev–Trinajstić information content (AvgIpc) is 2.33. The first-order valence-electron chi connectivity index (χ1n) is 5.57.